The van der Waals surface area contributed by atoms with Crippen LogP contribution in [-0.2, 0) is 0 Å². The second-order valence-electron chi connectivity index (χ2n) is 22.2. The van der Waals surface area contributed by atoms with E-state index in [1.54, 1.807) is 0 Å². The summed E-state index contributed by atoms with van der Waals surface area (Å²) in [6, 6.07) is 78.6. The summed E-state index contributed by atoms with van der Waals surface area (Å²) in [5.41, 5.74) is 14.8. The van der Waals surface area contributed by atoms with Gasteiger partial charge in [0.15, 0.2) is 0 Å². The van der Waals surface area contributed by atoms with Crippen LogP contribution in [0.3, 0.4) is 0 Å². The molecule has 0 aliphatic carbocycles. The first-order valence-corrected chi connectivity index (χ1v) is 32.7. The summed E-state index contributed by atoms with van der Waals surface area (Å²) in [6.45, 7) is 21.7. The topological polar surface area (TPSA) is 3.24 Å². The Kier molecular flexibility index (Phi) is 11.0. The maximum Gasteiger partial charge on any atom is 0.0792 e. The van der Waals surface area contributed by atoms with Gasteiger partial charge in [-0.25, -0.2) is 0 Å². The van der Waals surface area contributed by atoms with Gasteiger partial charge in [-0.15, -0.1) is 0 Å². The van der Waals surface area contributed by atoms with Gasteiger partial charge in [-0.3, -0.25) is 0 Å². The van der Waals surface area contributed by atoms with Gasteiger partial charge in [0.25, 0.3) is 0 Å². The number of hydrogen-bond acceptors (Lipinski definition) is 1. The maximum atomic E-state index is 2.54. The van der Waals surface area contributed by atoms with E-state index >= 15 is 0 Å². The van der Waals surface area contributed by atoms with E-state index in [1.807, 2.05) is 0 Å². The normalized spacial score (nSPS) is 12.2. The molecule has 0 unspecified atom stereocenters. The Bertz CT molecular complexity index is 3800. The third-order valence-electron chi connectivity index (χ3n) is 15.2. The van der Waals surface area contributed by atoms with Crippen molar-refractivity contribution >= 4 is 108 Å². The van der Waals surface area contributed by atoms with E-state index in [-0.39, 0.29) is 0 Å². The molecule has 12 rings (SSSR count). The molecule has 0 amide bonds. The highest BCUT2D eigenvalue weighted by Crippen LogP contribution is 2.51. The van der Waals surface area contributed by atoms with Crippen LogP contribution in [0.4, 0.5) is 17.1 Å². The summed E-state index contributed by atoms with van der Waals surface area (Å²) in [5, 5.41) is 18.7. The summed E-state index contributed by atoms with van der Waals surface area (Å²) in [4.78, 5) is 2.54. The molecule has 350 valence electrons. The minimum atomic E-state index is -1.83. The Hall–Kier alpha value is -7.57. The number of para-hydroxylation sites is 1. The quantitative estimate of drug-likeness (QED) is 0.108. The van der Waals surface area contributed by atoms with Crippen molar-refractivity contribution in [3.8, 4) is 33.4 Å². The highest BCUT2D eigenvalue weighted by molar-refractivity contribution is 6.93. The number of aryl methyl sites for hydroxylation is 3. The molecule has 0 aliphatic heterocycles. The van der Waals surface area contributed by atoms with Gasteiger partial charge in [-0.2, -0.15) is 0 Å². The Labute approximate surface area is 427 Å². The highest BCUT2D eigenvalue weighted by Gasteiger charge is 2.29. The van der Waals surface area contributed by atoms with E-state index in [9.17, 15) is 0 Å². The molecule has 0 aliphatic rings. The second kappa shape index (κ2) is 17.3. The van der Waals surface area contributed by atoms with Crippen molar-refractivity contribution < 1.29 is 0 Å². The zero-order valence-electron chi connectivity index (χ0n) is 43.1. The molecule has 12 aromatic carbocycles. The fourth-order valence-corrected chi connectivity index (χ4v) is 16.8. The molecule has 72 heavy (non-hydrogen) atoms. The van der Waals surface area contributed by atoms with Gasteiger partial charge in [0.1, 0.15) is 0 Å². The standard InChI is InChI=1S/C69H61NSi2/c1-44-39-45(2)66(46(3)40-44)70(50-25-11-10-12-26-50)67-57-33-19-13-27-51(57)63(52-28-14-20-34-58(52)67)47-41-48(64-53-29-15-21-35-59(53)68(71(4,5)6)60-36-22-16-30-54(60)64)43-49(42-47)65-55-31-17-23-37-61(55)69(72(7,8)9)62-38-24-18-32-56(62)65/h10-43H,1-9H3. The summed E-state index contributed by atoms with van der Waals surface area (Å²) in [5.74, 6) is 0. The lowest BCUT2D eigenvalue weighted by molar-refractivity contribution is 1.22. The third kappa shape index (κ3) is 7.40. The average Bonchev–Trinajstić information content (AvgIpc) is 3.36. The number of rotatable bonds is 8. The smallest absolute Gasteiger partial charge is 0.0792 e. The van der Waals surface area contributed by atoms with Crippen LogP contribution in [0.15, 0.2) is 206 Å². The molecule has 0 atom stereocenters. The predicted octanol–water partition coefficient (Wildman–Crippen LogP) is 19.1. The van der Waals surface area contributed by atoms with E-state index in [1.165, 1.54) is 136 Å². The van der Waals surface area contributed by atoms with Crippen molar-refractivity contribution in [3.63, 3.8) is 0 Å². The number of benzene rings is 12. The summed E-state index contributed by atoms with van der Waals surface area (Å²) in [6.07, 6.45) is 0. The largest absolute Gasteiger partial charge is 0.309 e. The zero-order chi connectivity index (χ0) is 49.6. The monoisotopic (exact) mass is 959 g/mol. The molecule has 0 aromatic heterocycles. The predicted molar refractivity (Wildman–Crippen MR) is 323 cm³/mol. The van der Waals surface area contributed by atoms with Crippen molar-refractivity contribution in [1.82, 2.24) is 0 Å². The number of nitrogens with zero attached hydrogens (tertiary/aromatic N) is 1. The van der Waals surface area contributed by atoms with Gasteiger partial charge < -0.3 is 4.90 Å². The molecule has 0 bridgehead atoms. The zero-order valence-corrected chi connectivity index (χ0v) is 45.1. The van der Waals surface area contributed by atoms with Crippen LogP contribution in [0.25, 0.3) is 98.0 Å². The molecular formula is C69H61NSi2. The van der Waals surface area contributed by atoms with Crippen LogP contribution in [-0.4, -0.2) is 16.1 Å². The van der Waals surface area contributed by atoms with E-state index in [0.717, 1.165) is 5.69 Å². The lowest BCUT2D eigenvalue weighted by Gasteiger charge is -2.32. The number of hydrogen-bond donors (Lipinski definition) is 0. The van der Waals surface area contributed by atoms with Crippen molar-refractivity contribution in [2.24, 2.45) is 0 Å². The molecular weight excluding hydrogens is 899 g/mol. The lowest BCUT2D eigenvalue weighted by atomic mass is 9.84. The molecule has 0 N–H and O–H groups in total. The minimum absolute atomic E-state index is 1.14. The molecule has 3 heteroatoms. The van der Waals surface area contributed by atoms with Crippen molar-refractivity contribution in [3.05, 3.63) is 223 Å². The summed E-state index contributed by atoms with van der Waals surface area (Å²) >= 11 is 0. The molecule has 0 heterocycles. The summed E-state index contributed by atoms with van der Waals surface area (Å²) < 4.78 is 0. The number of fused-ring (bicyclic) bond motifs is 6. The van der Waals surface area contributed by atoms with Crippen LogP contribution in [0.2, 0.25) is 39.3 Å². The van der Waals surface area contributed by atoms with Crippen LogP contribution in [0.5, 0.6) is 0 Å². The molecule has 0 radical (unpaired) electrons. The molecule has 1 nitrogen and oxygen atoms in total. The second-order valence-corrected chi connectivity index (χ2v) is 32.2. The lowest BCUT2D eigenvalue weighted by Crippen LogP contribution is -2.38. The minimum Gasteiger partial charge on any atom is -0.309 e. The van der Waals surface area contributed by atoms with Gasteiger partial charge in [0.2, 0.25) is 0 Å². The first-order chi connectivity index (χ1) is 34.8. The summed E-state index contributed by atoms with van der Waals surface area (Å²) in [7, 11) is -3.66. The SMILES string of the molecule is Cc1cc(C)c(N(c2ccccc2)c2c3ccccc3c(-c3cc(-c4c5ccccc5c([Si](C)(C)C)c5ccccc45)cc(-c4c5ccccc5c([Si](C)(C)C)c5ccccc45)c3)c3ccccc23)c(C)c1. The molecule has 0 fully saturated rings. The van der Waals surface area contributed by atoms with E-state index in [4.69, 9.17) is 0 Å². The maximum absolute atomic E-state index is 2.54. The van der Waals surface area contributed by atoms with E-state index in [2.05, 4.69) is 271 Å². The number of anilines is 3. The Morgan fingerprint density at radius 2 is 0.542 bits per heavy atom. The molecule has 0 saturated carbocycles. The van der Waals surface area contributed by atoms with E-state index in [0.29, 0.717) is 0 Å². The van der Waals surface area contributed by atoms with Gasteiger partial charge in [-0.05, 0) is 160 Å². The average molecular weight is 960 g/mol. The molecule has 0 spiro atoms. The first-order valence-electron chi connectivity index (χ1n) is 25.7. The highest BCUT2D eigenvalue weighted by atomic mass is 28.3. The van der Waals surface area contributed by atoms with Gasteiger partial charge >= 0.3 is 0 Å². The van der Waals surface area contributed by atoms with Crippen LogP contribution in [0.1, 0.15) is 16.7 Å². The Balaban J connectivity index is 1.26. The first kappa shape index (κ1) is 45.6. The molecule has 0 saturated heterocycles. The van der Waals surface area contributed by atoms with E-state index < -0.39 is 16.1 Å². The van der Waals surface area contributed by atoms with Gasteiger partial charge in [0.05, 0.1) is 27.5 Å². The van der Waals surface area contributed by atoms with Crippen molar-refractivity contribution in [2.75, 3.05) is 4.90 Å². The van der Waals surface area contributed by atoms with Crippen LogP contribution >= 0.6 is 0 Å². The fourth-order valence-electron chi connectivity index (χ4n) is 12.7. The van der Waals surface area contributed by atoms with Crippen molar-refractivity contribution in [2.45, 2.75) is 60.1 Å². The molecule has 12 aromatic rings. The Morgan fingerprint density at radius 1 is 0.278 bits per heavy atom. The Morgan fingerprint density at radius 3 is 0.847 bits per heavy atom. The van der Waals surface area contributed by atoms with Crippen LogP contribution in [0, 0.1) is 20.8 Å². The van der Waals surface area contributed by atoms with Crippen LogP contribution < -0.4 is 15.3 Å². The fraction of sp³-hybridized carbons (Fsp3) is 0.130. The van der Waals surface area contributed by atoms with Crippen molar-refractivity contribution in [1.29, 1.82) is 0 Å². The van der Waals surface area contributed by atoms with Gasteiger partial charge in [0, 0.05) is 16.5 Å². The van der Waals surface area contributed by atoms with Gasteiger partial charge in [-0.1, -0.05) is 221 Å². The third-order valence-corrected chi connectivity index (χ3v) is 19.2.